The lowest BCUT2D eigenvalue weighted by molar-refractivity contribution is -0.318. The van der Waals surface area contributed by atoms with E-state index in [1.54, 1.807) is 24.3 Å². The van der Waals surface area contributed by atoms with Gasteiger partial charge in [-0.3, -0.25) is 4.79 Å². The minimum absolute atomic E-state index is 0.0275. The van der Waals surface area contributed by atoms with Crippen LogP contribution in [0.15, 0.2) is 42.5 Å². The highest BCUT2D eigenvalue weighted by Crippen LogP contribution is 2.38. The van der Waals surface area contributed by atoms with Gasteiger partial charge in [0, 0.05) is 6.07 Å². The van der Waals surface area contributed by atoms with Crippen LogP contribution in [0.4, 0.5) is 0 Å². The van der Waals surface area contributed by atoms with Crippen LogP contribution in [0.2, 0.25) is 0 Å². The number of carbonyl (C=O) groups is 1. The number of ether oxygens (including phenoxy) is 5. The number of benzene rings is 2. The second-order valence-electron chi connectivity index (χ2n) is 9.79. The number of Topliss-reactive ketones (excluding diaryl/α,β-unsaturated/α-hetero) is 1. The minimum atomic E-state index is -1.98. The summed E-state index contributed by atoms with van der Waals surface area (Å²) in [4.78, 5) is 12.5. The molecule has 39 heavy (non-hydrogen) atoms. The maximum atomic E-state index is 12.5. The van der Waals surface area contributed by atoms with Gasteiger partial charge < -0.3 is 59.4 Å². The first kappa shape index (κ1) is 27.7. The van der Waals surface area contributed by atoms with Gasteiger partial charge in [-0.1, -0.05) is 12.1 Å². The van der Waals surface area contributed by atoms with Crippen molar-refractivity contribution in [3.8, 4) is 17.2 Å². The molecule has 5 rings (SSSR count). The number of carbonyl (C=O) groups excluding carboxylic acids is 1. The summed E-state index contributed by atoms with van der Waals surface area (Å²) >= 11 is 0. The lowest BCUT2D eigenvalue weighted by Gasteiger charge is -2.42. The molecule has 3 aliphatic heterocycles. The van der Waals surface area contributed by atoms with Crippen molar-refractivity contribution in [2.45, 2.75) is 61.2 Å². The summed E-state index contributed by atoms with van der Waals surface area (Å²) in [5.74, 6) is 0.348. The number of hydrogen-bond acceptors (Lipinski definition) is 13. The predicted octanol–water partition coefficient (Wildman–Crippen LogP) is -1.26. The number of aromatic hydroxyl groups is 1. The van der Waals surface area contributed by atoms with E-state index in [1.807, 2.05) is 0 Å². The van der Waals surface area contributed by atoms with Gasteiger partial charge in [-0.25, -0.2) is 0 Å². The second kappa shape index (κ2) is 11.0. The molecule has 0 saturated carbocycles. The molecular formula is C26H30O13. The molecule has 2 saturated heterocycles. The van der Waals surface area contributed by atoms with E-state index in [0.29, 0.717) is 11.1 Å². The smallest absolute Gasteiger partial charge is 0.229 e. The summed E-state index contributed by atoms with van der Waals surface area (Å²) < 4.78 is 28.3. The fourth-order valence-corrected chi connectivity index (χ4v) is 4.75. The van der Waals surface area contributed by atoms with E-state index in [1.165, 1.54) is 18.2 Å². The van der Waals surface area contributed by atoms with Gasteiger partial charge in [-0.05, 0) is 29.8 Å². The van der Waals surface area contributed by atoms with Crippen molar-refractivity contribution < 1.29 is 64.2 Å². The van der Waals surface area contributed by atoms with Gasteiger partial charge in [0.15, 0.2) is 18.2 Å². The Morgan fingerprint density at radius 2 is 1.74 bits per heavy atom. The Bertz CT molecular complexity index is 1170. The molecule has 0 aromatic heterocycles. The second-order valence-corrected chi connectivity index (χ2v) is 9.79. The molecule has 7 N–H and O–H groups in total. The number of hydrogen-bond donors (Lipinski definition) is 7. The Labute approximate surface area is 222 Å². The third-order valence-corrected chi connectivity index (χ3v) is 7.11. The zero-order valence-corrected chi connectivity index (χ0v) is 20.6. The van der Waals surface area contributed by atoms with Crippen LogP contribution < -0.4 is 9.47 Å². The molecule has 0 radical (unpaired) electrons. The van der Waals surface area contributed by atoms with E-state index in [0.717, 1.165) is 0 Å². The molecule has 13 heteroatoms. The quantitative estimate of drug-likeness (QED) is 0.215. The van der Waals surface area contributed by atoms with Crippen LogP contribution in [0.1, 0.15) is 28.4 Å². The molecule has 13 nitrogen and oxygen atoms in total. The van der Waals surface area contributed by atoms with Crippen LogP contribution >= 0.6 is 0 Å². The molecule has 0 bridgehead atoms. The van der Waals surface area contributed by atoms with E-state index < -0.39 is 74.6 Å². The van der Waals surface area contributed by atoms with Gasteiger partial charge >= 0.3 is 0 Å². The third kappa shape index (κ3) is 5.33. The highest BCUT2D eigenvalue weighted by atomic mass is 16.8. The molecule has 3 heterocycles. The van der Waals surface area contributed by atoms with Crippen LogP contribution in [0.5, 0.6) is 17.2 Å². The van der Waals surface area contributed by atoms with Gasteiger partial charge in [0.25, 0.3) is 0 Å². The average Bonchev–Trinajstić information content (AvgIpc) is 3.21. The highest BCUT2D eigenvalue weighted by Gasteiger charge is 2.53. The standard InChI is InChI=1S/C26H30O13/c27-9-19-20(31)21(32)22(39-25-23(33)26(34,10-28)11-35-25)24(38-19)36-14-4-1-12(2-5-14)17-8-16(30)15-6-3-13(29)7-18(15)37-17/h1-7,17,19-25,27-29,31-34H,8-11H2/t17-,19-,20-,21+,22-,23-,24-,25-,26+/m0/s1. The summed E-state index contributed by atoms with van der Waals surface area (Å²) in [7, 11) is 0. The number of aliphatic hydroxyl groups excluding tert-OH is 5. The predicted molar refractivity (Wildman–Crippen MR) is 128 cm³/mol. The van der Waals surface area contributed by atoms with Crippen LogP contribution in [-0.2, 0) is 14.2 Å². The number of ketones is 1. The Balaban J connectivity index is 1.31. The van der Waals surface area contributed by atoms with Crippen molar-refractivity contribution in [2.75, 3.05) is 19.8 Å². The Morgan fingerprint density at radius 3 is 2.41 bits per heavy atom. The maximum Gasteiger partial charge on any atom is 0.229 e. The van der Waals surface area contributed by atoms with Crippen molar-refractivity contribution in [1.29, 1.82) is 0 Å². The van der Waals surface area contributed by atoms with Crippen molar-refractivity contribution in [3.63, 3.8) is 0 Å². The lowest BCUT2D eigenvalue weighted by atomic mass is 9.96. The van der Waals surface area contributed by atoms with Gasteiger partial charge in [-0.2, -0.15) is 0 Å². The van der Waals surface area contributed by atoms with Crippen molar-refractivity contribution in [3.05, 3.63) is 53.6 Å². The molecule has 3 aliphatic rings. The zero-order chi connectivity index (χ0) is 27.9. The largest absolute Gasteiger partial charge is 0.508 e. The summed E-state index contributed by atoms with van der Waals surface area (Å²) in [6, 6.07) is 10.7. The maximum absolute atomic E-state index is 12.5. The molecule has 9 atom stereocenters. The fourth-order valence-electron chi connectivity index (χ4n) is 4.75. The summed E-state index contributed by atoms with van der Waals surface area (Å²) in [5.41, 5.74) is -0.945. The molecule has 0 amide bonds. The van der Waals surface area contributed by atoms with Crippen molar-refractivity contribution >= 4 is 5.78 Å². The van der Waals surface area contributed by atoms with Crippen LogP contribution in [0.25, 0.3) is 0 Å². The number of phenolic OH excluding ortho intramolecular Hbond substituents is 1. The van der Waals surface area contributed by atoms with Gasteiger partial charge in [0.2, 0.25) is 6.29 Å². The molecule has 2 fully saturated rings. The SMILES string of the molecule is O=C1C[C@@H](c2ccc(O[C@H]3O[C@@H](CO)[C@H](O)[C@@H](O)[C@@H]3O[C@@H]3OC[C@](O)(CO)[C@H]3O)cc2)Oc2cc(O)ccc21. The summed E-state index contributed by atoms with van der Waals surface area (Å²) in [6.45, 7) is -1.88. The number of aliphatic hydroxyl groups is 6. The van der Waals surface area contributed by atoms with Crippen molar-refractivity contribution in [1.82, 2.24) is 0 Å². The van der Waals surface area contributed by atoms with E-state index in [4.69, 9.17) is 23.7 Å². The monoisotopic (exact) mass is 550 g/mol. The van der Waals surface area contributed by atoms with E-state index >= 15 is 0 Å². The van der Waals surface area contributed by atoms with E-state index in [-0.39, 0.29) is 29.5 Å². The van der Waals surface area contributed by atoms with Gasteiger partial charge in [0.05, 0.1) is 31.8 Å². The lowest BCUT2D eigenvalue weighted by Crippen LogP contribution is -2.62. The molecule has 2 aromatic rings. The minimum Gasteiger partial charge on any atom is -0.508 e. The molecule has 0 unspecified atom stereocenters. The Morgan fingerprint density at radius 1 is 1.00 bits per heavy atom. The first-order valence-corrected chi connectivity index (χ1v) is 12.3. The van der Waals surface area contributed by atoms with E-state index in [9.17, 15) is 40.5 Å². The number of fused-ring (bicyclic) bond motifs is 1. The van der Waals surface area contributed by atoms with Crippen LogP contribution in [0, 0.1) is 0 Å². The Kier molecular flexibility index (Phi) is 7.79. The topological polar surface area (TPSA) is 205 Å². The van der Waals surface area contributed by atoms with Gasteiger partial charge in [-0.15, -0.1) is 0 Å². The average molecular weight is 551 g/mol. The molecular weight excluding hydrogens is 520 g/mol. The molecule has 0 aliphatic carbocycles. The molecule has 0 spiro atoms. The first-order valence-electron chi connectivity index (χ1n) is 12.3. The van der Waals surface area contributed by atoms with Crippen LogP contribution in [-0.4, -0.2) is 110 Å². The fraction of sp³-hybridized carbons (Fsp3) is 0.500. The molecule has 212 valence electrons. The zero-order valence-electron chi connectivity index (χ0n) is 20.6. The first-order chi connectivity index (χ1) is 18.6. The Hall–Kier alpha value is -2.85. The summed E-state index contributed by atoms with van der Waals surface area (Å²) in [6.07, 6.45) is -10.9. The van der Waals surface area contributed by atoms with Crippen molar-refractivity contribution in [2.24, 2.45) is 0 Å². The van der Waals surface area contributed by atoms with Crippen LogP contribution in [0.3, 0.4) is 0 Å². The molecule has 2 aromatic carbocycles. The third-order valence-electron chi connectivity index (χ3n) is 7.11. The number of rotatable bonds is 7. The van der Waals surface area contributed by atoms with Gasteiger partial charge in [0.1, 0.15) is 53.4 Å². The highest BCUT2D eigenvalue weighted by molar-refractivity contribution is 6.00. The summed E-state index contributed by atoms with van der Waals surface area (Å²) in [5, 5.41) is 70.3. The number of phenols is 1. The normalized spacial score (nSPS) is 36.3. The van der Waals surface area contributed by atoms with E-state index in [2.05, 4.69) is 0 Å².